The van der Waals surface area contributed by atoms with Crippen molar-refractivity contribution in [3.05, 3.63) is 24.0 Å². The van der Waals surface area contributed by atoms with Crippen LogP contribution in [0.3, 0.4) is 0 Å². The van der Waals surface area contributed by atoms with Crippen LogP contribution in [0.15, 0.2) is 18.5 Å². The molecular formula is C17H25N5O4S. The molecule has 2 saturated heterocycles. The van der Waals surface area contributed by atoms with Crippen LogP contribution in [0.1, 0.15) is 18.4 Å². The number of hydrogen-bond acceptors (Lipinski definition) is 6. The van der Waals surface area contributed by atoms with Crippen LogP contribution in [0, 0.1) is 5.92 Å². The number of carboxylic acid groups (broad SMARTS) is 1. The number of nitrogens with zero attached hydrogens (tertiary/aromatic N) is 5. The van der Waals surface area contributed by atoms with E-state index in [9.17, 15) is 13.2 Å². The molecule has 9 nitrogen and oxygen atoms in total. The fourth-order valence-corrected chi connectivity index (χ4v) is 4.16. The smallest absolute Gasteiger partial charge is 0.407 e. The number of aromatic nitrogens is 2. The molecule has 27 heavy (non-hydrogen) atoms. The van der Waals surface area contributed by atoms with Crippen LogP contribution < -0.4 is 4.90 Å². The Morgan fingerprint density at radius 1 is 1.11 bits per heavy atom. The van der Waals surface area contributed by atoms with Crippen LogP contribution in [0.2, 0.25) is 0 Å². The molecule has 148 valence electrons. The zero-order valence-corrected chi connectivity index (χ0v) is 16.2. The van der Waals surface area contributed by atoms with Crippen LogP contribution in [-0.4, -0.2) is 84.3 Å². The summed E-state index contributed by atoms with van der Waals surface area (Å²) in [5.74, 6) is 0.972. The first-order chi connectivity index (χ1) is 12.8. The molecule has 2 aliphatic rings. The minimum atomic E-state index is -3.14. The van der Waals surface area contributed by atoms with Gasteiger partial charge in [0, 0.05) is 57.2 Å². The van der Waals surface area contributed by atoms with Crippen molar-refractivity contribution >= 4 is 28.1 Å². The number of piperazine rings is 1. The number of sulfonamides is 1. The average molecular weight is 395 g/mol. The Morgan fingerprint density at radius 2 is 1.70 bits per heavy atom. The molecule has 0 unspecified atom stereocenters. The lowest BCUT2D eigenvalue weighted by atomic mass is 9.96. The number of allylic oxidation sites excluding steroid dienone is 1. The fourth-order valence-electron chi connectivity index (χ4n) is 3.33. The standard InChI is InChI=1S/C17H25N5O4S/c1-27(25,26)22-10-8-20(9-11-22)16-18-12-15(13-19-16)3-2-14-4-6-21(7-5-14)17(23)24/h2-3,12-14H,4-11H2,1H3,(H,23,24). The minimum absolute atomic E-state index is 0.365. The van der Waals surface area contributed by atoms with E-state index in [-0.39, 0.29) is 0 Å². The zero-order valence-electron chi connectivity index (χ0n) is 15.4. The van der Waals surface area contributed by atoms with Gasteiger partial charge in [-0.2, -0.15) is 4.31 Å². The lowest BCUT2D eigenvalue weighted by molar-refractivity contribution is 0.129. The van der Waals surface area contributed by atoms with Gasteiger partial charge in [0.2, 0.25) is 16.0 Å². The third-order valence-corrected chi connectivity index (χ3v) is 6.32. The van der Waals surface area contributed by atoms with Crippen LogP contribution in [0.4, 0.5) is 10.7 Å². The molecule has 0 saturated carbocycles. The van der Waals surface area contributed by atoms with E-state index in [1.165, 1.54) is 15.5 Å². The topological polar surface area (TPSA) is 107 Å². The van der Waals surface area contributed by atoms with Crippen molar-refractivity contribution in [3.8, 4) is 0 Å². The number of rotatable bonds is 4. The quantitative estimate of drug-likeness (QED) is 0.809. The first kappa shape index (κ1) is 19.6. The Kier molecular flexibility index (Phi) is 5.95. The number of amides is 1. The SMILES string of the molecule is CS(=O)(=O)N1CCN(c2ncc(C=CC3CCN(C(=O)O)CC3)cn2)CC1. The van der Waals surface area contributed by atoms with Crippen LogP contribution >= 0.6 is 0 Å². The number of hydrogen-bond donors (Lipinski definition) is 1. The lowest BCUT2D eigenvalue weighted by Crippen LogP contribution is -2.48. The molecular weight excluding hydrogens is 370 g/mol. The molecule has 1 aromatic heterocycles. The summed E-state index contributed by atoms with van der Waals surface area (Å²) in [6.45, 7) is 3.17. The second kappa shape index (κ2) is 8.22. The first-order valence-electron chi connectivity index (χ1n) is 9.01. The van der Waals surface area contributed by atoms with Gasteiger partial charge in [-0.1, -0.05) is 12.2 Å². The number of likely N-dealkylation sites (tertiary alicyclic amines) is 1. The van der Waals surface area contributed by atoms with E-state index >= 15 is 0 Å². The highest BCUT2D eigenvalue weighted by atomic mass is 32.2. The van der Waals surface area contributed by atoms with E-state index in [2.05, 4.69) is 16.0 Å². The summed E-state index contributed by atoms with van der Waals surface area (Å²) < 4.78 is 24.6. The molecule has 0 aliphatic carbocycles. The summed E-state index contributed by atoms with van der Waals surface area (Å²) in [7, 11) is -3.14. The fraction of sp³-hybridized carbons (Fsp3) is 0.588. The van der Waals surface area contributed by atoms with Crippen molar-refractivity contribution in [3.63, 3.8) is 0 Å². The van der Waals surface area contributed by atoms with Gasteiger partial charge in [-0.3, -0.25) is 0 Å². The monoisotopic (exact) mass is 395 g/mol. The van der Waals surface area contributed by atoms with Crippen molar-refractivity contribution in [1.82, 2.24) is 19.2 Å². The number of anilines is 1. The van der Waals surface area contributed by atoms with E-state index in [1.807, 2.05) is 11.0 Å². The summed E-state index contributed by atoms with van der Waals surface area (Å²) in [6.07, 6.45) is 9.63. The van der Waals surface area contributed by atoms with Crippen molar-refractivity contribution in [2.45, 2.75) is 12.8 Å². The number of carbonyl (C=O) groups is 1. The Hall–Kier alpha value is -2.20. The summed E-state index contributed by atoms with van der Waals surface area (Å²) in [6, 6.07) is 0. The van der Waals surface area contributed by atoms with Gasteiger partial charge in [0.05, 0.1) is 6.26 Å². The van der Waals surface area contributed by atoms with E-state index in [4.69, 9.17) is 5.11 Å². The van der Waals surface area contributed by atoms with Crippen molar-refractivity contribution < 1.29 is 18.3 Å². The molecule has 3 heterocycles. The van der Waals surface area contributed by atoms with Gasteiger partial charge in [0.25, 0.3) is 0 Å². The van der Waals surface area contributed by atoms with E-state index in [1.54, 1.807) is 12.4 Å². The summed E-state index contributed by atoms with van der Waals surface area (Å²) >= 11 is 0. The van der Waals surface area contributed by atoms with Gasteiger partial charge in [-0.25, -0.2) is 23.2 Å². The molecule has 2 aliphatic heterocycles. The molecule has 0 spiro atoms. The molecule has 0 radical (unpaired) electrons. The van der Waals surface area contributed by atoms with Gasteiger partial charge >= 0.3 is 6.09 Å². The van der Waals surface area contributed by atoms with Crippen LogP contribution in [0.5, 0.6) is 0 Å². The minimum Gasteiger partial charge on any atom is -0.465 e. The van der Waals surface area contributed by atoms with Gasteiger partial charge in [-0.05, 0) is 18.8 Å². The van der Waals surface area contributed by atoms with Crippen molar-refractivity contribution in [1.29, 1.82) is 0 Å². The Bertz CT molecular complexity index is 780. The Balaban J connectivity index is 1.52. The normalized spacial score (nSPS) is 20.3. The maximum atomic E-state index is 11.6. The summed E-state index contributed by atoms with van der Waals surface area (Å²) in [4.78, 5) is 23.2. The molecule has 0 bridgehead atoms. The molecule has 1 aromatic rings. The second-order valence-electron chi connectivity index (χ2n) is 6.93. The van der Waals surface area contributed by atoms with Gasteiger partial charge in [-0.15, -0.1) is 0 Å². The predicted octanol–water partition coefficient (Wildman–Crippen LogP) is 0.961. The van der Waals surface area contributed by atoms with Gasteiger partial charge in [0.15, 0.2) is 0 Å². The first-order valence-corrected chi connectivity index (χ1v) is 10.9. The maximum Gasteiger partial charge on any atom is 0.407 e. The van der Waals surface area contributed by atoms with E-state index < -0.39 is 16.1 Å². The molecule has 0 aromatic carbocycles. The molecule has 1 amide bonds. The van der Waals surface area contributed by atoms with E-state index in [0.29, 0.717) is 51.1 Å². The number of piperidine rings is 1. The molecule has 1 N–H and O–H groups in total. The van der Waals surface area contributed by atoms with Gasteiger partial charge < -0.3 is 14.9 Å². The highest BCUT2D eigenvalue weighted by Gasteiger charge is 2.24. The third kappa shape index (κ3) is 5.16. The summed E-state index contributed by atoms with van der Waals surface area (Å²) in [5, 5.41) is 8.98. The second-order valence-corrected chi connectivity index (χ2v) is 8.91. The molecule has 3 rings (SSSR count). The highest BCUT2D eigenvalue weighted by Crippen LogP contribution is 2.20. The Labute approximate surface area is 159 Å². The maximum absolute atomic E-state index is 11.6. The van der Waals surface area contributed by atoms with Gasteiger partial charge in [0.1, 0.15) is 0 Å². The van der Waals surface area contributed by atoms with Crippen molar-refractivity contribution in [2.75, 3.05) is 50.4 Å². The van der Waals surface area contributed by atoms with Crippen molar-refractivity contribution in [2.24, 2.45) is 5.92 Å². The van der Waals surface area contributed by atoms with Crippen LogP contribution in [-0.2, 0) is 10.0 Å². The lowest BCUT2D eigenvalue weighted by Gasteiger charge is -2.33. The Morgan fingerprint density at radius 3 is 2.22 bits per heavy atom. The molecule has 10 heteroatoms. The largest absolute Gasteiger partial charge is 0.465 e. The average Bonchev–Trinajstić information content (AvgIpc) is 2.66. The van der Waals surface area contributed by atoms with Crippen LogP contribution in [0.25, 0.3) is 6.08 Å². The highest BCUT2D eigenvalue weighted by molar-refractivity contribution is 7.88. The zero-order chi connectivity index (χ0) is 19.4. The van der Waals surface area contributed by atoms with E-state index in [0.717, 1.165) is 18.4 Å². The molecule has 0 atom stereocenters. The molecule has 2 fully saturated rings. The summed E-state index contributed by atoms with van der Waals surface area (Å²) in [5.41, 5.74) is 0.897. The third-order valence-electron chi connectivity index (χ3n) is 5.02. The predicted molar refractivity (Wildman–Crippen MR) is 102 cm³/mol.